The molecule has 0 atom stereocenters. The lowest BCUT2D eigenvalue weighted by molar-refractivity contribution is 0.300. The van der Waals surface area contributed by atoms with E-state index in [1.54, 1.807) is 18.2 Å². The predicted molar refractivity (Wildman–Crippen MR) is 98.7 cm³/mol. The van der Waals surface area contributed by atoms with E-state index in [4.69, 9.17) is 26.1 Å². The van der Waals surface area contributed by atoms with Crippen molar-refractivity contribution in [2.24, 2.45) is 0 Å². The molecule has 2 aromatic rings. The minimum Gasteiger partial charge on any atom is -0.508 e. The van der Waals surface area contributed by atoms with Crippen molar-refractivity contribution < 1.29 is 24.2 Å². The van der Waals surface area contributed by atoms with Gasteiger partial charge in [-0.2, -0.15) is 0 Å². The van der Waals surface area contributed by atoms with E-state index in [1.807, 2.05) is 32.9 Å². The Balaban J connectivity index is 2.26. The number of benzene rings is 2. The molecule has 0 heterocycles. The van der Waals surface area contributed by atoms with Crippen molar-refractivity contribution in [3.8, 4) is 11.5 Å². The van der Waals surface area contributed by atoms with Crippen LogP contribution in [0.2, 0.25) is 5.02 Å². The fraction of sp³-hybridized carbons (Fsp3) is 0.333. The zero-order chi connectivity index (χ0) is 18.8. The van der Waals surface area contributed by atoms with Gasteiger partial charge in [0.2, 0.25) is 0 Å². The lowest BCUT2D eigenvalue weighted by Gasteiger charge is -2.15. The SMILES string of the molecule is Cc1cc(OCP(=O)(O)O)cc(Cl)c1Cc1ccc(O)c(C(C)C)c1. The monoisotopic (exact) mass is 384 g/mol. The molecule has 7 heteroatoms. The number of halogens is 1. The van der Waals surface area contributed by atoms with Crippen LogP contribution in [0.4, 0.5) is 0 Å². The molecule has 5 nitrogen and oxygen atoms in total. The van der Waals surface area contributed by atoms with Gasteiger partial charge in [-0.1, -0.05) is 37.6 Å². The number of ether oxygens (including phenoxy) is 1. The van der Waals surface area contributed by atoms with E-state index in [9.17, 15) is 9.67 Å². The Kier molecular flexibility index (Phi) is 6.17. The minimum atomic E-state index is -4.24. The van der Waals surface area contributed by atoms with E-state index in [0.29, 0.717) is 17.2 Å². The molecule has 0 aromatic heterocycles. The van der Waals surface area contributed by atoms with Crippen LogP contribution in [0.3, 0.4) is 0 Å². The van der Waals surface area contributed by atoms with Crippen LogP contribution in [-0.4, -0.2) is 21.2 Å². The molecular weight excluding hydrogens is 363 g/mol. The van der Waals surface area contributed by atoms with Crippen LogP contribution < -0.4 is 4.74 Å². The van der Waals surface area contributed by atoms with Gasteiger partial charge in [0.25, 0.3) is 0 Å². The van der Waals surface area contributed by atoms with E-state index < -0.39 is 13.9 Å². The Morgan fingerprint density at radius 1 is 1.20 bits per heavy atom. The standard InChI is InChI=1S/C18H22ClO5P/c1-11(2)15-7-13(4-5-18(15)20)8-16-12(3)6-14(9-17(16)19)24-10-25(21,22)23/h4-7,9,11,20H,8,10H2,1-3H3,(H2,21,22,23). The zero-order valence-corrected chi connectivity index (χ0v) is 16.0. The average Bonchev–Trinajstić information content (AvgIpc) is 2.49. The van der Waals surface area contributed by atoms with E-state index in [2.05, 4.69) is 0 Å². The summed E-state index contributed by atoms with van der Waals surface area (Å²) in [5.41, 5.74) is 3.68. The molecule has 0 bridgehead atoms. The minimum absolute atomic E-state index is 0.208. The van der Waals surface area contributed by atoms with E-state index in [0.717, 1.165) is 22.3 Å². The topological polar surface area (TPSA) is 87.0 Å². The molecule has 0 saturated carbocycles. The highest BCUT2D eigenvalue weighted by molar-refractivity contribution is 7.51. The van der Waals surface area contributed by atoms with Gasteiger partial charge in [-0.3, -0.25) is 4.57 Å². The molecule has 0 aliphatic rings. The number of aromatic hydroxyl groups is 1. The van der Waals surface area contributed by atoms with Gasteiger partial charge >= 0.3 is 7.60 Å². The molecule has 2 aromatic carbocycles. The predicted octanol–water partition coefficient (Wildman–Crippen LogP) is 4.58. The van der Waals surface area contributed by atoms with Gasteiger partial charge in [-0.05, 0) is 59.7 Å². The molecule has 0 radical (unpaired) electrons. The van der Waals surface area contributed by atoms with Crippen molar-refractivity contribution in [1.82, 2.24) is 0 Å². The van der Waals surface area contributed by atoms with Crippen molar-refractivity contribution in [1.29, 1.82) is 0 Å². The smallest absolute Gasteiger partial charge is 0.362 e. The summed E-state index contributed by atoms with van der Waals surface area (Å²) in [6, 6.07) is 8.78. The normalized spacial score (nSPS) is 11.8. The number of phenolic OH excluding ortho intramolecular Hbond substituents is 1. The second kappa shape index (κ2) is 7.79. The molecule has 0 amide bonds. The van der Waals surface area contributed by atoms with Crippen LogP contribution in [0.25, 0.3) is 0 Å². The molecule has 3 N–H and O–H groups in total. The highest BCUT2D eigenvalue weighted by atomic mass is 35.5. The zero-order valence-electron chi connectivity index (χ0n) is 14.4. The molecule has 0 spiro atoms. The third kappa shape index (κ3) is 5.48. The first kappa shape index (κ1) is 19.8. The molecule has 2 rings (SSSR count). The van der Waals surface area contributed by atoms with Crippen LogP contribution in [-0.2, 0) is 11.0 Å². The molecule has 0 aliphatic heterocycles. The fourth-order valence-electron chi connectivity index (χ4n) is 2.59. The third-order valence-corrected chi connectivity index (χ3v) is 4.69. The second-order valence-corrected chi connectivity index (χ2v) is 8.36. The molecule has 25 heavy (non-hydrogen) atoms. The van der Waals surface area contributed by atoms with Gasteiger partial charge in [0.1, 0.15) is 11.5 Å². The average molecular weight is 385 g/mol. The fourth-order valence-corrected chi connectivity index (χ4v) is 3.23. The van der Waals surface area contributed by atoms with Crippen LogP contribution >= 0.6 is 19.2 Å². The van der Waals surface area contributed by atoms with Gasteiger partial charge in [-0.15, -0.1) is 0 Å². The van der Waals surface area contributed by atoms with Gasteiger partial charge in [0.15, 0.2) is 6.35 Å². The summed E-state index contributed by atoms with van der Waals surface area (Å²) in [5, 5.41) is 10.4. The Morgan fingerprint density at radius 2 is 1.88 bits per heavy atom. The van der Waals surface area contributed by atoms with E-state index in [-0.39, 0.29) is 11.7 Å². The largest absolute Gasteiger partial charge is 0.508 e. The first-order valence-electron chi connectivity index (χ1n) is 7.85. The number of phenols is 1. The molecule has 0 aliphatic carbocycles. The summed E-state index contributed by atoms with van der Waals surface area (Å²) in [7, 11) is -4.24. The van der Waals surface area contributed by atoms with Crippen LogP contribution in [0.5, 0.6) is 11.5 Å². The van der Waals surface area contributed by atoms with Gasteiger partial charge in [-0.25, -0.2) is 0 Å². The maximum Gasteiger partial charge on any atom is 0.362 e. The maximum atomic E-state index is 10.9. The maximum absolute atomic E-state index is 10.9. The summed E-state index contributed by atoms with van der Waals surface area (Å²) in [6.07, 6.45) is -0.0960. The van der Waals surface area contributed by atoms with Crippen LogP contribution in [0, 0.1) is 6.92 Å². The molecule has 0 saturated heterocycles. The highest BCUT2D eigenvalue weighted by Gasteiger charge is 2.16. The van der Waals surface area contributed by atoms with Crippen LogP contribution in [0.1, 0.15) is 42.0 Å². The summed E-state index contributed by atoms with van der Waals surface area (Å²) in [6.45, 7) is 5.91. The third-order valence-electron chi connectivity index (χ3n) is 3.89. The van der Waals surface area contributed by atoms with Gasteiger partial charge < -0.3 is 19.6 Å². The summed E-state index contributed by atoms with van der Waals surface area (Å²) in [4.78, 5) is 17.8. The molecule has 136 valence electrons. The van der Waals surface area contributed by atoms with Crippen molar-refractivity contribution in [3.05, 3.63) is 57.6 Å². The number of rotatable bonds is 6. The van der Waals surface area contributed by atoms with Crippen molar-refractivity contribution in [2.45, 2.75) is 33.1 Å². The van der Waals surface area contributed by atoms with Crippen molar-refractivity contribution in [2.75, 3.05) is 6.35 Å². The number of aryl methyl sites for hydroxylation is 1. The second-order valence-electron chi connectivity index (χ2n) is 6.36. The quantitative estimate of drug-likeness (QED) is 0.634. The first-order valence-corrected chi connectivity index (χ1v) is 10.0. The summed E-state index contributed by atoms with van der Waals surface area (Å²) in [5.74, 6) is 0.811. The Hall–Kier alpha value is -1.52. The summed E-state index contributed by atoms with van der Waals surface area (Å²) >= 11 is 6.34. The van der Waals surface area contributed by atoms with E-state index in [1.165, 1.54) is 0 Å². The lowest BCUT2D eigenvalue weighted by atomic mass is 9.95. The first-order chi connectivity index (χ1) is 11.6. The molecule has 0 fully saturated rings. The van der Waals surface area contributed by atoms with E-state index >= 15 is 0 Å². The van der Waals surface area contributed by atoms with Crippen molar-refractivity contribution >= 4 is 19.2 Å². The lowest BCUT2D eigenvalue weighted by Crippen LogP contribution is -2.01. The van der Waals surface area contributed by atoms with Crippen molar-refractivity contribution in [3.63, 3.8) is 0 Å². The van der Waals surface area contributed by atoms with Crippen LogP contribution in [0.15, 0.2) is 30.3 Å². The molecular formula is C18H22ClO5P. The Labute approximate surface area is 152 Å². The number of hydrogen-bond acceptors (Lipinski definition) is 3. The molecule has 0 unspecified atom stereocenters. The number of hydrogen-bond donors (Lipinski definition) is 3. The Bertz CT molecular complexity index is 790. The Morgan fingerprint density at radius 3 is 2.44 bits per heavy atom. The van der Waals surface area contributed by atoms with Gasteiger partial charge in [0, 0.05) is 5.02 Å². The van der Waals surface area contributed by atoms with Gasteiger partial charge in [0.05, 0.1) is 0 Å². The summed E-state index contributed by atoms with van der Waals surface area (Å²) < 4.78 is 16.0. The highest BCUT2D eigenvalue weighted by Crippen LogP contribution is 2.36.